The second-order valence-corrected chi connectivity index (χ2v) is 21.9. The number of ether oxygens (including phenoxy) is 5. The molecule has 5 aromatic carbocycles. The molecule has 0 bridgehead atoms. The van der Waals surface area contributed by atoms with Gasteiger partial charge >= 0.3 is 60.6 Å². The molecule has 25 nitrogen and oxygen atoms in total. The van der Waals surface area contributed by atoms with Gasteiger partial charge < -0.3 is 23.7 Å². The standard InChI is InChI=1S/C70H82O25/c1-6-11-16-48-21-31-53(32-22-48)61(71)86-91-66(76)81-43-41-58(45-83-68(78)93-88-63(73)55-35-25-50(26-36-55)18-13-8-3)60(47-85-70(80)95-90-65(75)57-39-29-52(30-40-57)20-15-10-5)59(46-84-69(79)94-89-64(74)56-37-27-51(28-38-56)19-14-9-4)42-44-82-67(77)92-87-62(72)54-33-23-49(24-34-54)17-12-7-2/h21-40,58-60H,6-20,41-47H2,1-5H3. The first-order chi connectivity index (χ1) is 46.0. The Morgan fingerprint density at radius 2 is 0.463 bits per heavy atom. The maximum Gasteiger partial charge on any atom is 0.549 e. The van der Waals surface area contributed by atoms with Gasteiger partial charge in [0.15, 0.2) is 0 Å². The third kappa shape index (κ3) is 28.7. The molecule has 0 aliphatic carbocycles. The first kappa shape index (κ1) is 75.5. The van der Waals surface area contributed by atoms with Crippen LogP contribution >= 0.6 is 0 Å². The van der Waals surface area contributed by atoms with Gasteiger partial charge in [-0.1, -0.05) is 127 Å². The molecule has 0 N–H and O–H groups in total. The van der Waals surface area contributed by atoms with E-state index in [9.17, 15) is 47.9 Å². The molecule has 0 spiro atoms. The predicted octanol–water partition coefficient (Wildman–Crippen LogP) is 15.0. The lowest BCUT2D eigenvalue weighted by Gasteiger charge is -2.32. The molecule has 0 heterocycles. The SMILES string of the molecule is CCCCc1ccc(C(=O)OOC(=O)OCCC(COC(=O)OOC(=O)c2ccc(CCCC)cc2)C(COC(=O)OOC(=O)c2ccc(CCCC)cc2)C(CCOC(=O)OOC(=O)c2ccc(CCCC)cc2)COC(=O)OOC(=O)c2ccc(CCCC)cc2)cc1. The molecule has 2 unspecified atom stereocenters. The first-order valence-electron chi connectivity index (χ1n) is 31.7. The lowest BCUT2D eigenvalue weighted by molar-refractivity contribution is -0.210. The van der Waals surface area contributed by atoms with Gasteiger partial charge in [0.2, 0.25) is 0 Å². The van der Waals surface area contributed by atoms with Crippen LogP contribution < -0.4 is 0 Å². The Hall–Kier alpha value is -10.2. The Bertz CT molecular complexity index is 3030. The average molecular weight is 1320 g/mol. The van der Waals surface area contributed by atoms with E-state index in [1.54, 1.807) is 60.7 Å². The molecule has 5 rings (SSSR count). The van der Waals surface area contributed by atoms with Crippen LogP contribution in [0.1, 0.15) is 191 Å². The van der Waals surface area contributed by atoms with Crippen molar-refractivity contribution < 1.29 is 121 Å². The fraction of sp³-hybridized carbons (Fsp3) is 0.429. The van der Waals surface area contributed by atoms with Crippen LogP contribution in [0.2, 0.25) is 0 Å². The van der Waals surface area contributed by atoms with Crippen LogP contribution in [0.3, 0.4) is 0 Å². The normalized spacial score (nSPS) is 11.6. The zero-order chi connectivity index (χ0) is 68.6. The van der Waals surface area contributed by atoms with Crippen LogP contribution in [-0.2, 0) is 105 Å². The molecule has 0 aliphatic heterocycles. The highest BCUT2D eigenvalue weighted by atomic mass is 17.3. The minimum atomic E-state index is -1.62. The predicted molar refractivity (Wildman–Crippen MR) is 334 cm³/mol. The summed E-state index contributed by atoms with van der Waals surface area (Å²) < 4.78 is 26.8. The van der Waals surface area contributed by atoms with Crippen LogP contribution in [0.15, 0.2) is 121 Å². The van der Waals surface area contributed by atoms with Crippen LogP contribution in [0.4, 0.5) is 24.0 Å². The molecule has 0 aromatic heterocycles. The highest BCUT2D eigenvalue weighted by molar-refractivity contribution is 5.91. The van der Waals surface area contributed by atoms with Gasteiger partial charge in [0.25, 0.3) is 0 Å². The van der Waals surface area contributed by atoms with Crippen LogP contribution in [0.25, 0.3) is 0 Å². The van der Waals surface area contributed by atoms with Gasteiger partial charge in [-0.2, -0.15) is 24.0 Å². The topological polar surface area (TPSA) is 309 Å². The Kier molecular flexibility index (Phi) is 34.1. The fourth-order valence-corrected chi connectivity index (χ4v) is 9.26. The third-order valence-electron chi connectivity index (χ3n) is 14.8. The lowest BCUT2D eigenvalue weighted by atomic mass is 9.79. The minimum Gasteiger partial charge on any atom is -0.432 e. The summed E-state index contributed by atoms with van der Waals surface area (Å²) in [6.07, 6.45) is 4.35. The van der Waals surface area contributed by atoms with E-state index in [-0.39, 0.29) is 27.8 Å². The van der Waals surface area contributed by atoms with E-state index in [1.807, 2.05) is 34.6 Å². The van der Waals surface area contributed by atoms with E-state index < -0.39 is 124 Å². The minimum absolute atomic E-state index is 0.00983. The van der Waals surface area contributed by atoms with Crippen molar-refractivity contribution in [3.05, 3.63) is 177 Å². The molecule has 95 heavy (non-hydrogen) atoms. The van der Waals surface area contributed by atoms with Gasteiger partial charge in [-0.05, 0) is 166 Å². The highest BCUT2D eigenvalue weighted by Gasteiger charge is 2.35. The summed E-state index contributed by atoms with van der Waals surface area (Å²) in [5.41, 5.74) is 4.90. The number of carbonyl (C=O) groups excluding carboxylic acids is 10. The van der Waals surface area contributed by atoms with Crippen molar-refractivity contribution >= 4 is 60.6 Å². The van der Waals surface area contributed by atoms with E-state index in [2.05, 4.69) is 9.78 Å². The van der Waals surface area contributed by atoms with E-state index in [0.29, 0.717) is 0 Å². The summed E-state index contributed by atoms with van der Waals surface area (Å²) in [5, 5.41) is 0. The van der Waals surface area contributed by atoms with Gasteiger partial charge in [0.1, 0.15) is 0 Å². The largest absolute Gasteiger partial charge is 0.549 e. The summed E-state index contributed by atoms with van der Waals surface area (Å²) >= 11 is 0. The van der Waals surface area contributed by atoms with Crippen molar-refractivity contribution in [3.63, 3.8) is 0 Å². The third-order valence-corrected chi connectivity index (χ3v) is 14.8. The number of hydrogen-bond acceptors (Lipinski definition) is 25. The molecule has 0 aliphatic rings. The summed E-state index contributed by atoms with van der Waals surface area (Å²) in [6, 6.07) is 31.8. The molecule has 0 fully saturated rings. The maximum atomic E-state index is 13.4. The van der Waals surface area contributed by atoms with E-state index >= 15 is 0 Å². The van der Waals surface area contributed by atoms with Crippen molar-refractivity contribution in [2.45, 2.75) is 144 Å². The number of hydrogen-bond donors (Lipinski definition) is 0. The second kappa shape index (κ2) is 42.8. The summed E-state index contributed by atoms with van der Waals surface area (Å²) in [7, 11) is 0. The highest BCUT2D eigenvalue weighted by Crippen LogP contribution is 2.30. The van der Waals surface area contributed by atoms with Gasteiger partial charge in [-0.25, -0.2) is 72.8 Å². The van der Waals surface area contributed by atoms with E-state index in [0.717, 1.165) is 124 Å². The summed E-state index contributed by atoms with van der Waals surface area (Å²) in [5.74, 6) is -9.32. The monoisotopic (exact) mass is 1320 g/mol. The summed E-state index contributed by atoms with van der Waals surface area (Å²) in [4.78, 5) is 178. The molecule has 512 valence electrons. The molecule has 2 atom stereocenters. The number of rotatable bonds is 34. The van der Waals surface area contributed by atoms with Crippen molar-refractivity contribution in [1.29, 1.82) is 0 Å². The fourth-order valence-electron chi connectivity index (χ4n) is 9.26. The van der Waals surface area contributed by atoms with Crippen LogP contribution in [-0.4, -0.2) is 93.7 Å². The lowest BCUT2D eigenvalue weighted by Crippen LogP contribution is -2.37. The number of aryl methyl sites for hydroxylation is 5. The summed E-state index contributed by atoms with van der Waals surface area (Å²) in [6.45, 7) is 6.33. The first-order valence-corrected chi connectivity index (χ1v) is 31.7. The maximum absolute atomic E-state index is 13.4. The zero-order valence-corrected chi connectivity index (χ0v) is 54.0. The molecule has 0 amide bonds. The Balaban J connectivity index is 1.41. The van der Waals surface area contributed by atoms with Crippen molar-refractivity contribution in [1.82, 2.24) is 0 Å². The van der Waals surface area contributed by atoms with E-state index in [1.165, 1.54) is 60.7 Å². The quantitative estimate of drug-likeness (QED) is 0.0160. The number of unbranched alkanes of at least 4 members (excludes halogenated alkanes) is 5. The smallest absolute Gasteiger partial charge is 0.432 e. The van der Waals surface area contributed by atoms with Crippen molar-refractivity contribution in [2.24, 2.45) is 17.8 Å². The molecule has 0 saturated carbocycles. The Morgan fingerprint density at radius 3 is 0.674 bits per heavy atom. The zero-order valence-electron chi connectivity index (χ0n) is 54.0. The molecular formula is C70H82O25. The molecular weight excluding hydrogens is 1240 g/mol. The van der Waals surface area contributed by atoms with Crippen molar-refractivity contribution in [3.8, 4) is 0 Å². The Morgan fingerprint density at radius 1 is 0.263 bits per heavy atom. The van der Waals surface area contributed by atoms with E-state index in [4.69, 9.17) is 62.8 Å². The van der Waals surface area contributed by atoms with Gasteiger partial charge in [0.05, 0.1) is 60.9 Å². The average Bonchev–Trinajstić information content (AvgIpc) is 1.36. The molecule has 5 aromatic rings. The number of carbonyl (C=O) groups is 10. The van der Waals surface area contributed by atoms with Gasteiger partial charge in [0, 0.05) is 17.8 Å². The van der Waals surface area contributed by atoms with Gasteiger partial charge in [-0.15, -0.1) is 0 Å². The van der Waals surface area contributed by atoms with Crippen LogP contribution in [0, 0.1) is 17.8 Å². The second-order valence-electron chi connectivity index (χ2n) is 21.9. The molecule has 0 radical (unpaired) electrons. The Labute approximate surface area is 550 Å². The van der Waals surface area contributed by atoms with Crippen molar-refractivity contribution in [2.75, 3.05) is 33.0 Å². The number of benzene rings is 5. The van der Waals surface area contributed by atoms with Crippen LogP contribution in [0.5, 0.6) is 0 Å². The molecule has 0 saturated heterocycles. The van der Waals surface area contributed by atoms with Gasteiger partial charge in [-0.3, -0.25) is 0 Å². The molecule has 25 heteroatoms.